The molecule has 2 aromatic carbocycles. The second kappa shape index (κ2) is 15.0. The molecule has 2 heterocycles. The van der Waals surface area contributed by atoms with Gasteiger partial charge in [0, 0.05) is 62.7 Å². The van der Waals surface area contributed by atoms with Gasteiger partial charge < -0.3 is 24.4 Å². The van der Waals surface area contributed by atoms with E-state index < -0.39 is 5.92 Å². The molecule has 3 amide bonds. The number of halogens is 1. The number of anilines is 1. The van der Waals surface area contributed by atoms with Crippen LogP contribution in [0.3, 0.4) is 0 Å². The van der Waals surface area contributed by atoms with Gasteiger partial charge in [0.2, 0.25) is 18.2 Å². The Kier molecular flexibility index (Phi) is 11.4. The summed E-state index contributed by atoms with van der Waals surface area (Å²) in [6.07, 6.45) is 5.07. The largest absolute Gasteiger partial charge is 0.343 e. The van der Waals surface area contributed by atoms with E-state index in [9.17, 15) is 19.2 Å². The summed E-state index contributed by atoms with van der Waals surface area (Å²) in [5.41, 5.74) is 3.54. The van der Waals surface area contributed by atoms with Crippen LogP contribution in [0.1, 0.15) is 51.2 Å². The first-order valence-corrected chi connectivity index (χ1v) is 15.9. The number of carbonyl (C=O) groups is 4. The highest BCUT2D eigenvalue weighted by molar-refractivity contribution is 6.35. The number of aromatic nitrogens is 2. The third kappa shape index (κ3) is 8.92. The van der Waals surface area contributed by atoms with Crippen molar-refractivity contribution in [1.29, 1.82) is 0 Å². The molecule has 0 saturated carbocycles. The van der Waals surface area contributed by atoms with Crippen molar-refractivity contribution >= 4 is 52.7 Å². The van der Waals surface area contributed by atoms with Gasteiger partial charge in [-0.05, 0) is 61.1 Å². The molecule has 3 aromatic rings. The highest BCUT2D eigenvalue weighted by Crippen LogP contribution is 2.32. The van der Waals surface area contributed by atoms with Crippen LogP contribution in [0.4, 0.5) is 5.69 Å². The number of aromatic amines is 1. The summed E-state index contributed by atoms with van der Waals surface area (Å²) in [5.74, 6) is -0.731. The number of likely N-dealkylation sites (tertiary alicyclic amines) is 1. The summed E-state index contributed by atoms with van der Waals surface area (Å²) in [6.45, 7) is 9.07. The zero-order valence-corrected chi connectivity index (χ0v) is 27.7. The Morgan fingerprint density at radius 3 is 2.44 bits per heavy atom. The van der Waals surface area contributed by atoms with Crippen molar-refractivity contribution in [3.63, 3.8) is 0 Å². The molecule has 0 spiro atoms. The fourth-order valence-corrected chi connectivity index (χ4v) is 6.54. The third-order valence-corrected chi connectivity index (χ3v) is 8.75. The van der Waals surface area contributed by atoms with Gasteiger partial charge in [0.25, 0.3) is 0 Å². The van der Waals surface area contributed by atoms with Crippen LogP contribution < -0.4 is 4.90 Å². The lowest BCUT2D eigenvalue weighted by Crippen LogP contribution is -2.49. The van der Waals surface area contributed by atoms with E-state index in [1.54, 1.807) is 35.2 Å². The maximum Gasteiger partial charge on any atom is 0.242 e. The van der Waals surface area contributed by atoms with Gasteiger partial charge in [-0.15, -0.1) is 0 Å². The molecule has 1 saturated heterocycles. The molecule has 0 unspecified atom stereocenters. The maximum absolute atomic E-state index is 13.4. The molecule has 11 heteroatoms. The number of H-pyrrole nitrogens is 1. The van der Waals surface area contributed by atoms with Gasteiger partial charge in [-0.1, -0.05) is 50.6 Å². The highest BCUT2D eigenvalue weighted by Gasteiger charge is 2.30. The molecular formula is C34H45ClN6O4. The van der Waals surface area contributed by atoms with Crippen molar-refractivity contribution in [2.24, 2.45) is 11.3 Å². The number of fused-ring (bicyclic) bond motifs is 1. The maximum atomic E-state index is 13.4. The Hall–Kier alpha value is -3.76. The molecule has 1 fully saturated rings. The molecule has 1 aliphatic heterocycles. The van der Waals surface area contributed by atoms with Crippen molar-refractivity contribution in [2.75, 3.05) is 45.2 Å². The van der Waals surface area contributed by atoms with Crippen LogP contribution in [0.5, 0.6) is 0 Å². The van der Waals surface area contributed by atoms with Crippen molar-refractivity contribution in [2.45, 2.75) is 59.0 Å². The number of hydrogen-bond acceptors (Lipinski definition) is 6. The van der Waals surface area contributed by atoms with Gasteiger partial charge >= 0.3 is 0 Å². The quantitative estimate of drug-likeness (QED) is 0.276. The molecule has 10 nitrogen and oxygen atoms in total. The first-order chi connectivity index (χ1) is 21.4. The lowest BCUT2D eigenvalue weighted by molar-refractivity contribution is -0.136. The average molecular weight is 637 g/mol. The summed E-state index contributed by atoms with van der Waals surface area (Å²) in [4.78, 5) is 57.4. The number of nitrogens with one attached hydrogen (secondary N) is 1. The van der Waals surface area contributed by atoms with E-state index >= 15 is 0 Å². The van der Waals surface area contributed by atoms with E-state index in [1.165, 1.54) is 4.90 Å². The standard InChI is InChI=1S/C34H45ClN6O4/c1-34(2,3)22-38(4)19-29-25(17-30(35)33-28(29)18-36-37-33)15-24(21-42)16-31(44)40-13-11-26(12-14-40)39(5)32(45)20-41(23-43)27-9-7-6-8-10-27/h6-10,17-18,21,23-24,26H,11-16,19-20,22H2,1-5H3,(H,36,37)/t24-/m0/s1. The van der Waals surface area contributed by atoms with Crippen molar-refractivity contribution in [3.05, 3.63) is 58.7 Å². The van der Waals surface area contributed by atoms with Gasteiger partial charge in [-0.3, -0.25) is 19.5 Å². The molecule has 1 aromatic heterocycles. The molecule has 4 rings (SSSR count). The Labute approximate surface area is 270 Å². The number of aldehydes is 1. The minimum atomic E-state index is -0.501. The average Bonchev–Trinajstić information content (AvgIpc) is 3.51. The molecule has 0 radical (unpaired) electrons. The Morgan fingerprint density at radius 1 is 1.13 bits per heavy atom. The zero-order valence-electron chi connectivity index (χ0n) is 27.0. The summed E-state index contributed by atoms with van der Waals surface area (Å²) in [5, 5.41) is 8.66. The van der Waals surface area contributed by atoms with E-state index in [0.717, 1.165) is 34.9 Å². The van der Waals surface area contributed by atoms with Gasteiger partial charge in [0.15, 0.2) is 0 Å². The molecule has 1 atom stereocenters. The van der Waals surface area contributed by atoms with Crippen LogP contribution in [-0.2, 0) is 32.1 Å². The summed E-state index contributed by atoms with van der Waals surface area (Å²) in [6, 6.07) is 10.9. The fraction of sp³-hybridized carbons (Fsp3) is 0.500. The lowest BCUT2D eigenvalue weighted by Gasteiger charge is -2.37. The smallest absolute Gasteiger partial charge is 0.242 e. The highest BCUT2D eigenvalue weighted by atomic mass is 35.5. The first-order valence-electron chi connectivity index (χ1n) is 15.5. The number of hydrogen-bond donors (Lipinski definition) is 1. The van der Waals surface area contributed by atoms with E-state index in [-0.39, 0.29) is 36.2 Å². The normalized spacial score (nSPS) is 14.9. The predicted octanol–water partition coefficient (Wildman–Crippen LogP) is 4.55. The van der Waals surface area contributed by atoms with Gasteiger partial charge in [-0.25, -0.2) is 0 Å². The molecule has 45 heavy (non-hydrogen) atoms. The Bertz CT molecular complexity index is 1480. The molecule has 1 N–H and O–H groups in total. The number of nitrogens with zero attached hydrogens (tertiary/aromatic N) is 5. The number of para-hydroxylation sites is 1. The second-order valence-electron chi connectivity index (χ2n) is 13.4. The van der Waals surface area contributed by atoms with E-state index in [1.807, 2.05) is 24.3 Å². The number of piperidine rings is 1. The van der Waals surface area contributed by atoms with E-state index in [0.29, 0.717) is 56.0 Å². The molecule has 0 bridgehead atoms. The SMILES string of the molecule is CN(Cc1c(C[C@H](C=O)CC(=O)N2CCC(N(C)C(=O)CN(C=O)c3ccccc3)CC2)cc(Cl)c2[nH]ncc12)CC(C)(C)C. The van der Waals surface area contributed by atoms with Crippen LogP contribution in [0, 0.1) is 11.3 Å². The van der Waals surface area contributed by atoms with Crippen molar-refractivity contribution in [3.8, 4) is 0 Å². The van der Waals surface area contributed by atoms with Crippen molar-refractivity contribution < 1.29 is 19.2 Å². The molecule has 1 aliphatic rings. The van der Waals surface area contributed by atoms with Gasteiger partial charge in [-0.2, -0.15) is 5.10 Å². The minimum Gasteiger partial charge on any atom is -0.343 e. The molecular weight excluding hydrogens is 592 g/mol. The Morgan fingerprint density at radius 2 is 1.82 bits per heavy atom. The number of amides is 3. The van der Waals surface area contributed by atoms with Crippen LogP contribution in [-0.4, -0.2) is 95.7 Å². The van der Waals surface area contributed by atoms with E-state index in [4.69, 9.17) is 11.6 Å². The number of rotatable bonds is 13. The van der Waals surface area contributed by atoms with Gasteiger partial charge in [0.05, 0.1) is 16.7 Å². The minimum absolute atomic E-state index is 0.0378. The lowest BCUT2D eigenvalue weighted by atomic mass is 9.91. The predicted molar refractivity (Wildman–Crippen MR) is 177 cm³/mol. The van der Waals surface area contributed by atoms with Crippen LogP contribution in [0.2, 0.25) is 5.02 Å². The van der Waals surface area contributed by atoms with Crippen LogP contribution >= 0.6 is 11.6 Å². The summed E-state index contributed by atoms with van der Waals surface area (Å²) < 4.78 is 0. The topological polar surface area (TPSA) is 110 Å². The van der Waals surface area contributed by atoms with Crippen molar-refractivity contribution in [1.82, 2.24) is 24.9 Å². The zero-order chi connectivity index (χ0) is 32.7. The Balaban J connectivity index is 1.36. The van der Waals surface area contributed by atoms with Gasteiger partial charge in [0.1, 0.15) is 12.8 Å². The van der Waals surface area contributed by atoms with E-state index in [2.05, 4.69) is 42.9 Å². The third-order valence-electron chi connectivity index (χ3n) is 8.45. The summed E-state index contributed by atoms with van der Waals surface area (Å²) >= 11 is 6.61. The second-order valence-corrected chi connectivity index (χ2v) is 13.8. The van der Waals surface area contributed by atoms with Crippen LogP contribution in [0.25, 0.3) is 10.9 Å². The van der Waals surface area contributed by atoms with Crippen LogP contribution in [0.15, 0.2) is 42.6 Å². The first kappa shape index (κ1) is 34.1. The number of likely N-dealkylation sites (N-methyl/N-ethyl adjacent to an activating group) is 1. The number of benzene rings is 2. The molecule has 0 aliphatic carbocycles. The monoisotopic (exact) mass is 636 g/mol. The molecule has 242 valence electrons. The summed E-state index contributed by atoms with van der Waals surface area (Å²) in [7, 11) is 3.83. The number of carbonyl (C=O) groups excluding carboxylic acids is 4. The fourth-order valence-electron chi connectivity index (χ4n) is 6.26.